The van der Waals surface area contributed by atoms with Gasteiger partial charge in [-0.15, -0.1) is 10.2 Å². The zero-order chi connectivity index (χ0) is 12.8. The molecule has 6 heteroatoms. The van der Waals surface area contributed by atoms with Crippen LogP contribution in [0.15, 0.2) is 28.6 Å². The van der Waals surface area contributed by atoms with Crippen LogP contribution in [0.25, 0.3) is 0 Å². The molecule has 0 aliphatic heterocycles. The second kappa shape index (κ2) is 6.70. The average molecular weight is 283 g/mol. The van der Waals surface area contributed by atoms with E-state index in [4.69, 9.17) is 0 Å². The minimum atomic E-state index is -0.284. The van der Waals surface area contributed by atoms with Gasteiger partial charge >= 0.3 is 0 Å². The third kappa shape index (κ3) is 3.68. The molecule has 0 saturated carbocycles. The first-order chi connectivity index (χ1) is 8.79. The number of para-hydroxylation sites is 1. The molecule has 0 aliphatic rings. The van der Waals surface area contributed by atoms with Crippen molar-refractivity contribution >= 4 is 33.9 Å². The first kappa shape index (κ1) is 13.3. The van der Waals surface area contributed by atoms with Crippen LogP contribution in [0.5, 0.6) is 0 Å². The predicted octanol–water partition coefficient (Wildman–Crippen LogP) is 4.31. The molecule has 0 unspecified atom stereocenters. The van der Waals surface area contributed by atoms with Crippen molar-refractivity contribution in [3.05, 3.63) is 30.1 Å². The minimum Gasteiger partial charge on any atom is -0.328 e. The summed E-state index contributed by atoms with van der Waals surface area (Å²) in [6, 6.07) is 6.54. The van der Waals surface area contributed by atoms with Crippen LogP contribution in [0.3, 0.4) is 0 Å². The summed E-state index contributed by atoms with van der Waals surface area (Å²) >= 11 is 3.14. The van der Waals surface area contributed by atoms with Crippen molar-refractivity contribution in [2.75, 3.05) is 11.1 Å². The number of hydrogen-bond donors (Lipinski definition) is 1. The largest absolute Gasteiger partial charge is 0.328 e. The first-order valence-corrected chi connectivity index (χ1v) is 7.57. The average Bonchev–Trinajstić information content (AvgIpc) is 2.80. The van der Waals surface area contributed by atoms with E-state index in [1.54, 1.807) is 30.0 Å². The molecule has 0 atom stereocenters. The molecular weight excluding hydrogens is 269 g/mol. The normalized spacial score (nSPS) is 10.6. The van der Waals surface area contributed by atoms with Gasteiger partial charge in [0.15, 0.2) is 4.34 Å². The maximum Gasteiger partial charge on any atom is 0.210 e. The molecule has 18 heavy (non-hydrogen) atoms. The van der Waals surface area contributed by atoms with Crippen molar-refractivity contribution in [1.82, 2.24) is 10.2 Å². The van der Waals surface area contributed by atoms with Crippen molar-refractivity contribution in [3.63, 3.8) is 0 Å². The lowest BCUT2D eigenvalue weighted by Crippen LogP contribution is -1.92. The summed E-state index contributed by atoms with van der Waals surface area (Å²) in [5.41, 5.74) is 0.429. The Morgan fingerprint density at radius 3 is 2.94 bits per heavy atom. The quantitative estimate of drug-likeness (QED) is 0.633. The standard InChI is InChI=1S/C12H14FN3S2/c1-2-3-8-17-12-16-15-11(18-12)14-10-7-5-4-6-9(10)13/h4-7H,2-3,8H2,1H3,(H,14,15). The number of anilines is 2. The number of thioether (sulfide) groups is 1. The molecule has 0 aliphatic carbocycles. The van der Waals surface area contributed by atoms with E-state index in [-0.39, 0.29) is 5.82 Å². The zero-order valence-electron chi connectivity index (χ0n) is 10.0. The molecule has 1 heterocycles. The van der Waals surface area contributed by atoms with E-state index in [9.17, 15) is 4.39 Å². The molecule has 0 fully saturated rings. The predicted molar refractivity (Wildman–Crippen MR) is 75.2 cm³/mol. The van der Waals surface area contributed by atoms with Gasteiger partial charge in [-0.1, -0.05) is 48.6 Å². The van der Waals surface area contributed by atoms with E-state index >= 15 is 0 Å². The molecule has 2 aromatic rings. The second-order valence-corrected chi connectivity index (χ2v) is 6.00. The highest BCUT2D eigenvalue weighted by Crippen LogP contribution is 2.28. The Bertz CT molecular complexity index is 502. The summed E-state index contributed by atoms with van der Waals surface area (Å²) in [6.07, 6.45) is 2.34. The van der Waals surface area contributed by atoms with E-state index < -0.39 is 0 Å². The van der Waals surface area contributed by atoms with Gasteiger partial charge in [0.05, 0.1) is 5.69 Å². The van der Waals surface area contributed by atoms with Gasteiger partial charge in [-0.2, -0.15) is 0 Å². The van der Waals surface area contributed by atoms with Crippen molar-refractivity contribution in [2.45, 2.75) is 24.1 Å². The lowest BCUT2D eigenvalue weighted by molar-refractivity contribution is 0.632. The molecular formula is C12H14FN3S2. The number of aromatic nitrogens is 2. The van der Waals surface area contributed by atoms with Gasteiger partial charge in [-0.05, 0) is 18.6 Å². The third-order valence-corrected chi connectivity index (χ3v) is 4.30. The van der Waals surface area contributed by atoms with Crippen molar-refractivity contribution in [3.8, 4) is 0 Å². The zero-order valence-corrected chi connectivity index (χ0v) is 11.7. The molecule has 1 N–H and O–H groups in total. The van der Waals surface area contributed by atoms with Crippen LogP contribution >= 0.6 is 23.1 Å². The van der Waals surface area contributed by atoms with Gasteiger partial charge in [0.1, 0.15) is 5.82 Å². The van der Waals surface area contributed by atoms with Gasteiger partial charge in [-0.25, -0.2) is 4.39 Å². The fraction of sp³-hybridized carbons (Fsp3) is 0.333. The maximum atomic E-state index is 13.4. The van der Waals surface area contributed by atoms with Gasteiger partial charge in [0.25, 0.3) is 0 Å². The van der Waals surface area contributed by atoms with Crippen LogP contribution < -0.4 is 5.32 Å². The Labute approximate surface area is 114 Å². The molecule has 1 aromatic heterocycles. The van der Waals surface area contributed by atoms with E-state index in [1.165, 1.54) is 30.2 Å². The Kier molecular flexibility index (Phi) is 4.95. The third-order valence-electron chi connectivity index (χ3n) is 2.25. The fourth-order valence-corrected chi connectivity index (χ4v) is 3.22. The molecule has 1 aromatic carbocycles. The summed E-state index contributed by atoms with van der Waals surface area (Å²) in [4.78, 5) is 0. The van der Waals surface area contributed by atoms with Crippen molar-refractivity contribution < 1.29 is 4.39 Å². The number of nitrogens with zero attached hydrogens (tertiary/aromatic N) is 2. The molecule has 96 valence electrons. The summed E-state index contributed by atoms with van der Waals surface area (Å²) in [5.74, 6) is 0.762. The molecule has 2 rings (SSSR count). The van der Waals surface area contributed by atoms with Crippen LogP contribution in [0.1, 0.15) is 19.8 Å². The number of benzene rings is 1. The lowest BCUT2D eigenvalue weighted by Gasteiger charge is -2.01. The summed E-state index contributed by atoms with van der Waals surface area (Å²) in [6.45, 7) is 2.16. The highest BCUT2D eigenvalue weighted by molar-refractivity contribution is 8.01. The summed E-state index contributed by atoms with van der Waals surface area (Å²) in [5, 5.41) is 11.6. The van der Waals surface area contributed by atoms with Crippen LogP contribution in [-0.4, -0.2) is 16.0 Å². The monoisotopic (exact) mass is 283 g/mol. The van der Waals surface area contributed by atoms with Gasteiger partial charge in [0, 0.05) is 5.75 Å². The lowest BCUT2D eigenvalue weighted by atomic mass is 10.3. The number of unbranched alkanes of at least 4 members (excludes halogenated alkanes) is 1. The molecule has 0 amide bonds. The fourth-order valence-electron chi connectivity index (χ4n) is 1.30. The van der Waals surface area contributed by atoms with Crippen LogP contribution in [-0.2, 0) is 0 Å². The smallest absolute Gasteiger partial charge is 0.210 e. The molecule has 3 nitrogen and oxygen atoms in total. The highest BCUT2D eigenvalue weighted by Gasteiger charge is 2.07. The molecule has 0 saturated heterocycles. The van der Waals surface area contributed by atoms with Gasteiger partial charge < -0.3 is 5.32 Å². The number of halogens is 1. The maximum absolute atomic E-state index is 13.4. The number of hydrogen-bond acceptors (Lipinski definition) is 5. The van der Waals surface area contributed by atoms with E-state index in [0.29, 0.717) is 10.8 Å². The van der Waals surface area contributed by atoms with E-state index in [0.717, 1.165) is 10.1 Å². The van der Waals surface area contributed by atoms with E-state index in [2.05, 4.69) is 22.4 Å². The van der Waals surface area contributed by atoms with Gasteiger partial charge in [0.2, 0.25) is 5.13 Å². The Hall–Kier alpha value is -1.14. The topological polar surface area (TPSA) is 37.8 Å². The molecule has 0 spiro atoms. The Morgan fingerprint density at radius 2 is 2.17 bits per heavy atom. The number of rotatable bonds is 6. The first-order valence-electron chi connectivity index (χ1n) is 5.77. The summed E-state index contributed by atoms with van der Waals surface area (Å²) in [7, 11) is 0. The summed E-state index contributed by atoms with van der Waals surface area (Å²) < 4.78 is 14.3. The molecule has 0 radical (unpaired) electrons. The van der Waals surface area contributed by atoms with Crippen LogP contribution in [0.2, 0.25) is 0 Å². The van der Waals surface area contributed by atoms with Gasteiger partial charge in [-0.3, -0.25) is 0 Å². The number of nitrogens with one attached hydrogen (secondary N) is 1. The van der Waals surface area contributed by atoms with Crippen LogP contribution in [0.4, 0.5) is 15.2 Å². The Morgan fingerprint density at radius 1 is 1.33 bits per heavy atom. The minimum absolute atomic E-state index is 0.284. The molecule has 0 bridgehead atoms. The van der Waals surface area contributed by atoms with Crippen molar-refractivity contribution in [2.24, 2.45) is 0 Å². The Balaban J connectivity index is 1.96. The van der Waals surface area contributed by atoms with Crippen molar-refractivity contribution in [1.29, 1.82) is 0 Å². The van der Waals surface area contributed by atoms with E-state index in [1.807, 2.05) is 0 Å². The highest BCUT2D eigenvalue weighted by atomic mass is 32.2. The second-order valence-electron chi connectivity index (χ2n) is 3.68. The SMILES string of the molecule is CCCCSc1nnc(Nc2ccccc2F)s1. The van der Waals surface area contributed by atoms with Crippen LogP contribution in [0, 0.1) is 5.82 Å².